The van der Waals surface area contributed by atoms with E-state index in [1.807, 2.05) is 0 Å². The summed E-state index contributed by atoms with van der Waals surface area (Å²) in [6, 6.07) is 16.7. The van der Waals surface area contributed by atoms with Crippen LogP contribution in [0.4, 0.5) is 0 Å². The Kier molecular flexibility index (Phi) is 7.35. The van der Waals surface area contributed by atoms with Crippen LogP contribution < -0.4 is 0 Å². The van der Waals surface area contributed by atoms with E-state index in [1.165, 1.54) is 10.8 Å². The molecule has 0 spiro atoms. The van der Waals surface area contributed by atoms with E-state index in [4.69, 9.17) is 20.7 Å². The van der Waals surface area contributed by atoms with Crippen molar-refractivity contribution in [2.24, 2.45) is 0 Å². The second kappa shape index (κ2) is 8.86. The minimum Gasteiger partial charge on any atom is -0.443 e. The fourth-order valence-electron chi connectivity index (χ4n) is 1.13. The average Bonchev–Trinajstić information content (AvgIpc) is 2.31. The van der Waals surface area contributed by atoms with Crippen LogP contribution in [0.25, 0.3) is 10.8 Å². The highest BCUT2D eigenvalue weighted by molar-refractivity contribution is 5.81. The van der Waals surface area contributed by atoms with Crippen molar-refractivity contribution in [1.82, 2.24) is 0 Å². The van der Waals surface area contributed by atoms with E-state index in [0.717, 1.165) is 12.5 Å². The molecule has 0 aliphatic rings. The smallest absolute Gasteiger partial charge is 0.283 e. The van der Waals surface area contributed by atoms with Crippen molar-refractivity contribution in [1.29, 1.82) is 10.5 Å². The highest BCUT2D eigenvalue weighted by Crippen LogP contribution is 2.11. The van der Waals surface area contributed by atoms with E-state index >= 15 is 0 Å². The Morgan fingerprint density at radius 1 is 0.688 bits per heavy atom. The lowest BCUT2D eigenvalue weighted by molar-refractivity contribution is 0.502. The van der Waals surface area contributed by atoms with Crippen LogP contribution >= 0.6 is 0 Å². The molecule has 2 rings (SSSR count). The molecule has 0 unspecified atom stereocenters. The Labute approximate surface area is 93.2 Å². The minimum absolute atomic E-state index is 0.750. The summed E-state index contributed by atoms with van der Waals surface area (Å²) in [4.78, 5) is 0. The second-order valence-corrected chi connectivity index (χ2v) is 2.55. The van der Waals surface area contributed by atoms with Gasteiger partial charge in [-0.1, -0.05) is 48.5 Å². The summed E-state index contributed by atoms with van der Waals surface area (Å²) in [6.07, 6.45) is 1.50. The maximum absolute atomic E-state index is 6.88. The molecular formula is C12H10N2O2. The molecule has 2 N–H and O–H groups in total. The molecule has 2 aromatic rings. The summed E-state index contributed by atoms with van der Waals surface area (Å²) >= 11 is 0. The van der Waals surface area contributed by atoms with E-state index in [2.05, 4.69) is 48.5 Å². The Bertz CT molecular complexity index is 421. The van der Waals surface area contributed by atoms with E-state index in [1.54, 1.807) is 0 Å². The quantitative estimate of drug-likeness (QED) is 0.659. The van der Waals surface area contributed by atoms with Gasteiger partial charge in [-0.15, -0.1) is 0 Å². The molecule has 0 aliphatic heterocycles. The Balaban J connectivity index is 0.000000321. The minimum atomic E-state index is 0.750. The Morgan fingerprint density at radius 3 is 1.06 bits per heavy atom. The van der Waals surface area contributed by atoms with Crippen molar-refractivity contribution in [3.8, 4) is 12.5 Å². The van der Waals surface area contributed by atoms with Crippen LogP contribution in [0.2, 0.25) is 0 Å². The molecule has 0 aromatic heterocycles. The Morgan fingerprint density at radius 2 is 0.875 bits per heavy atom. The average molecular weight is 214 g/mol. The van der Waals surface area contributed by atoms with Crippen LogP contribution in [0.3, 0.4) is 0 Å². The fourth-order valence-corrected chi connectivity index (χ4v) is 1.13. The number of rotatable bonds is 0. The van der Waals surface area contributed by atoms with Crippen molar-refractivity contribution < 1.29 is 10.2 Å². The van der Waals surface area contributed by atoms with E-state index in [-0.39, 0.29) is 0 Å². The van der Waals surface area contributed by atoms with Gasteiger partial charge in [0, 0.05) is 0 Å². The lowest BCUT2D eigenvalue weighted by Gasteiger charge is -1.92. The molecule has 0 heterocycles. The molecule has 2 aromatic carbocycles. The number of benzene rings is 2. The molecule has 0 fully saturated rings. The van der Waals surface area contributed by atoms with E-state index in [0.29, 0.717) is 0 Å². The molecule has 80 valence electrons. The SMILES string of the molecule is N#CO.N#CO.c1ccc2ccccc2c1. The lowest BCUT2D eigenvalue weighted by Crippen LogP contribution is -1.67. The Hall–Kier alpha value is -2.72. The molecule has 0 saturated heterocycles. The first kappa shape index (κ1) is 13.3. The number of fused-ring (bicyclic) bond motifs is 1. The summed E-state index contributed by atoms with van der Waals surface area (Å²) < 4.78 is 0. The normalized spacial score (nSPS) is 7.12. The number of nitriles is 2. The van der Waals surface area contributed by atoms with Crippen LogP contribution in [0.1, 0.15) is 0 Å². The first-order chi connectivity index (χ1) is 7.79. The van der Waals surface area contributed by atoms with Gasteiger partial charge in [0.05, 0.1) is 0 Å². The van der Waals surface area contributed by atoms with Crippen molar-refractivity contribution in [2.75, 3.05) is 0 Å². The number of hydrogen-bond acceptors (Lipinski definition) is 4. The third-order valence-corrected chi connectivity index (χ3v) is 1.66. The summed E-state index contributed by atoms with van der Waals surface area (Å²) in [5.41, 5.74) is 0. The second-order valence-electron chi connectivity index (χ2n) is 2.55. The first-order valence-corrected chi connectivity index (χ1v) is 4.30. The first-order valence-electron chi connectivity index (χ1n) is 4.30. The van der Waals surface area contributed by atoms with Crippen LogP contribution in [-0.4, -0.2) is 10.2 Å². The van der Waals surface area contributed by atoms with Gasteiger partial charge in [-0.25, -0.2) is 0 Å². The molecule has 0 aliphatic carbocycles. The summed E-state index contributed by atoms with van der Waals surface area (Å²) in [5.74, 6) is 0. The topological polar surface area (TPSA) is 88.0 Å². The van der Waals surface area contributed by atoms with Gasteiger partial charge in [0.25, 0.3) is 12.5 Å². The van der Waals surface area contributed by atoms with Crippen molar-refractivity contribution in [3.05, 3.63) is 48.5 Å². The number of hydrogen-bond donors (Lipinski definition) is 2. The maximum atomic E-state index is 6.88. The third kappa shape index (κ3) is 5.11. The third-order valence-electron chi connectivity index (χ3n) is 1.66. The number of nitrogens with zero attached hydrogens (tertiary/aromatic N) is 2. The maximum Gasteiger partial charge on any atom is 0.283 e. The van der Waals surface area contributed by atoms with Gasteiger partial charge in [-0.3, -0.25) is 0 Å². The fraction of sp³-hybridized carbons (Fsp3) is 0. The highest BCUT2D eigenvalue weighted by atomic mass is 16.2. The zero-order valence-corrected chi connectivity index (χ0v) is 8.41. The largest absolute Gasteiger partial charge is 0.443 e. The number of aliphatic hydroxyl groups is 2. The summed E-state index contributed by atoms with van der Waals surface area (Å²) in [5, 5.41) is 30.1. The summed E-state index contributed by atoms with van der Waals surface area (Å²) in [7, 11) is 0. The van der Waals surface area contributed by atoms with Crippen LogP contribution in [0.15, 0.2) is 48.5 Å². The van der Waals surface area contributed by atoms with Gasteiger partial charge in [0.1, 0.15) is 0 Å². The molecule has 4 heteroatoms. The summed E-state index contributed by atoms with van der Waals surface area (Å²) in [6.45, 7) is 0. The van der Waals surface area contributed by atoms with Crippen LogP contribution in [0.5, 0.6) is 0 Å². The molecule has 0 saturated carbocycles. The van der Waals surface area contributed by atoms with Gasteiger partial charge in [-0.2, -0.15) is 10.5 Å². The molecule has 0 atom stereocenters. The lowest BCUT2D eigenvalue weighted by atomic mass is 10.1. The van der Waals surface area contributed by atoms with E-state index in [9.17, 15) is 0 Å². The van der Waals surface area contributed by atoms with Crippen molar-refractivity contribution >= 4 is 10.8 Å². The van der Waals surface area contributed by atoms with E-state index < -0.39 is 0 Å². The van der Waals surface area contributed by atoms with Gasteiger partial charge in [0.2, 0.25) is 0 Å². The van der Waals surface area contributed by atoms with Gasteiger partial charge >= 0.3 is 0 Å². The van der Waals surface area contributed by atoms with Gasteiger partial charge in [-0.05, 0) is 10.8 Å². The molecule has 0 amide bonds. The van der Waals surface area contributed by atoms with Gasteiger partial charge in [0.15, 0.2) is 0 Å². The monoisotopic (exact) mass is 214 g/mol. The molecule has 16 heavy (non-hydrogen) atoms. The van der Waals surface area contributed by atoms with Gasteiger partial charge < -0.3 is 10.2 Å². The zero-order valence-electron chi connectivity index (χ0n) is 8.41. The molecule has 4 nitrogen and oxygen atoms in total. The zero-order chi connectivity index (χ0) is 12.2. The molecule has 0 bridgehead atoms. The van der Waals surface area contributed by atoms with Crippen LogP contribution in [0, 0.1) is 23.0 Å². The predicted molar refractivity (Wildman–Crippen MR) is 59.0 cm³/mol. The highest BCUT2D eigenvalue weighted by Gasteiger charge is 1.85. The molecule has 0 radical (unpaired) electrons. The predicted octanol–water partition coefficient (Wildman–Crippen LogP) is 2.52. The van der Waals surface area contributed by atoms with Crippen molar-refractivity contribution in [3.63, 3.8) is 0 Å². The number of aliphatic hydroxyl groups excluding tert-OH is 2. The standard InChI is InChI=1S/C10H8.2CHNO/c1-2-6-10-8-4-3-7-9(10)5-1;2*2-1-3/h1-8H;2*3H. The molecular weight excluding hydrogens is 204 g/mol. The van der Waals surface area contributed by atoms with Crippen molar-refractivity contribution in [2.45, 2.75) is 0 Å². The van der Waals surface area contributed by atoms with Crippen LogP contribution in [-0.2, 0) is 0 Å².